The van der Waals surface area contributed by atoms with Crippen LogP contribution in [0, 0.1) is 5.82 Å². The van der Waals surface area contributed by atoms with Crippen LogP contribution in [-0.4, -0.2) is 21.7 Å². The van der Waals surface area contributed by atoms with Crippen LogP contribution in [0.5, 0.6) is 5.75 Å². The molecule has 0 aliphatic heterocycles. The van der Waals surface area contributed by atoms with Crippen molar-refractivity contribution in [2.45, 2.75) is 19.2 Å². The normalized spacial score (nSPS) is 11.6. The SMILES string of the molecule is O=C(CCc1csc2nc(-c3ccccc3F)cn12)Nc1ccc(OC(F)(F)F)cc1. The number of alkyl halides is 3. The number of thiazole rings is 1. The summed E-state index contributed by atoms with van der Waals surface area (Å²) < 4.78 is 56.2. The largest absolute Gasteiger partial charge is 0.573 e. The number of halogens is 4. The molecule has 2 heterocycles. The molecule has 0 unspecified atom stereocenters. The van der Waals surface area contributed by atoms with Crippen LogP contribution in [0.4, 0.5) is 23.2 Å². The van der Waals surface area contributed by atoms with Crippen LogP contribution < -0.4 is 10.1 Å². The zero-order valence-corrected chi connectivity index (χ0v) is 16.6. The van der Waals surface area contributed by atoms with Crippen LogP contribution >= 0.6 is 11.3 Å². The molecule has 4 rings (SSSR count). The second-order valence-electron chi connectivity index (χ2n) is 6.61. The Bertz CT molecular complexity index is 1220. The van der Waals surface area contributed by atoms with Crippen LogP contribution in [0.25, 0.3) is 16.2 Å². The van der Waals surface area contributed by atoms with Crippen LogP contribution in [0.1, 0.15) is 12.1 Å². The zero-order valence-electron chi connectivity index (χ0n) is 15.8. The Morgan fingerprint density at radius 2 is 1.87 bits per heavy atom. The molecule has 0 bridgehead atoms. The minimum Gasteiger partial charge on any atom is -0.406 e. The Labute approximate surface area is 177 Å². The number of anilines is 1. The number of ether oxygens (including phenoxy) is 1. The van der Waals surface area contributed by atoms with E-state index in [9.17, 15) is 22.4 Å². The van der Waals surface area contributed by atoms with Gasteiger partial charge in [-0.25, -0.2) is 9.37 Å². The predicted molar refractivity (Wildman–Crippen MR) is 109 cm³/mol. The highest BCUT2D eigenvalue weighted by Gasteiger charge is 2.30. The lowest BCUT2D eigenvalue weighted by Crippen LogP contribution is -2.17. The van der Waals surface area contributed by atoms with E-state index in [2.05, 4.69) is 15.0 Å². The predicted octanol–water partition coefficient (Wildman–Crippen LogP) is 5.67. The number of benzene rings is 2. The number of aromatic nitrogens is 2. The second kappa shape index (κ2) is 8.38. The molecule has 0 aliphatic rings. The number of amides is 1. The van der Waals surface area contributed by atoms with Crippen molar-refractivity contribution < 1.29 is 27.1 Å². The van der Waals surface area contributed by atoms with Crippen molar-refractivity contribution in [2.75, 3.05) is 5.32 Å². The fraction of sp³-hybridized carbons (Fsp3) is 0.143. The first-order valence-electron chi connectivity index (χ1n) is 9.14. The molecule has 0 radical (unpaired) electrons. The van der Waals surface area contributed by atoms with E-state index in [1.165, 1.54) is 29.5 Å². The number of rotatable bonds is 6. The minimum absolute atomic E-state index is 0.153. The summed E-state index contributed by atoms with van der Waals surface area (Å²) >= 11 is 1.39. The van der Waals surface area contributed by atoms with Gasteiger partial charge < -0.3 is 10.1 Å². The van der Waals surface area contributed by atoms with Gasteiger partial charge >= 0.3 is 6.36 Å². The van der Waals surface area contributed by atoms with Gasteiger partial charge in [0.1, 0.15) is 11.6 Å². The molecule has 0 saturated heterocycles. The van der Waals surface area contributed by atoms with Gasteiger partial charge in [0.2, 0.25) is 5.91 Å². The second-order valence-corrected chi connectivity index (χ2v) is 7.44. The molecule has 31 heavy (non-hydrogen) atoms. The summed E-state index contributed by atoms with van der Waals surface area (Å²) in [5.74, 6) is -1.02. The lowest BCUT2D eigenvalue weighted by atomic mass is 10.1. The molecule has 2 aromatic carbocycles. The highest BCUT2D eigenvalue weighted by molar-refractivity contribution is 7.15. The van der Waals surface area contributed by atoms with Crippen molar-refractivity contribution in [1.82, 2.24) is 9.38 Å². The first-order chi connectivity index (χ1) is 14.8. The topological polar surface area (TPSA) is 55.6 Å². The molecule has 0 aliphatic carbocycles. The minimum atomic E-state index is -4.77. The number of hydrogen-bond donors (Lipinski definition) is 1. The van der Waals surface area contributed by atoms with Crippen LogP contribution in [-0.2, 0) is 11.2 Å². The van der Waals surface area contributed by atoms with Gasteiger partial charge in [-0.1, -0.05) is 12.1 Å². The summed E-state index contributed by atoms with van der Waals surface area (Å²) in [4.78, 5) is 17.4. The molecule has 0 fully saturated rings. The molecule has 1 amide bonds. The number of aryl methyl sites for hydroxylation is 1. The summed E-state index contributed by atoms with van der Waals surface area (Å²) in [5.41, 5.74) is 2.12. The van der Waals surface area contributed by atoms with Crippen molar-refractivity contribution in [3.05, 3.63) is 71.6 Å². The van der Waals surface area contributed by atoms with Crippen LogP contribution in [0.15, 0.2) is 60.1 Å². The number of imidazole rings is 1. The molecule has 160 valence electrons. The van der Waals surface area contributed by atoms with Gasteiger partial charge in [-0.2, -0.15) is 0 Å². The van der Waals surface area contributed by atoms with E-state index in [1.54, 1.807) is 24.4 Å². The lowest BCUT2D eigenvalue weighted by Gasteiger charge is -2.10. The average molecular weight is 449 g/mol. The van der Waals surface area contributed by atoms with Crippen molar-refractivity contribution in [1.29, 1.82) is 0 Å². The Morgan fingerprint density at radius 1 is 1.13 bits per heavy atom. The van der Waals surface area contributed by atoms with E-state index in [4.69, 9.17) is 0 Å². The van der Waals surface area contributed by atoms with Crippen molar-refractivity contribution in [3.8, 4) is 17.0 Å². The Hall–Kier alpha value is -3.40. The van der Waals surface area contributed by atoms with Crippen LogP contribution in [0.3, 0.4) is 0 Å². The molecule has 0 saturated carbocycles. The van der Waals surface area contributed by atoms with E-state index < -0.39 is 6.36 Å². The fourth-order valence-corrected chi connectivity index (χ4v) is 3.92. The molecule has 10 heteroatoms. The number of nitrogens with zero attached hydrogens (tertiary/aromatic N) is 2. The van der Waals surface area contributed by atoms with Crippen LogP contribution in [0.2, 0.25) is 0 Å². The van der Waals surface area contributed by atoms with E-state index >= 15 is 0 Å². The third-order valence-corrected chi connectivity index (χ3v) is 5.30. The first-order valence-corrected chi connectivity index (χ1v) is 10.0. The summed E-state index contributed by atoms with van der Waals surface area (Å²) in [7, 11) is 0. The maximum Gasteiger partial charge on any atom is 0.573 e. The van der Waals surface area contributed by atoms with E-state index in [0.717, 1.165) is 17.8 Å². The van der Waals surface area contributed by atoms with E-state index in [-0.39, 0.29) is 23.9 Å². The number of hydrogen-bond acceptors (Lipinski definition) is 4. The number of fused-ring (bicyclic) bond motifs is 1. The van der Waals surface area contributed by atoms with E-state index in [0.29, 0.717) is 28.3 Å². The van der Waals surface area contributed by atoms with Crippen molar-refractivity contribution >= 4 is 27.9 Å². The van der Waals surface area contributed by atoms with E-state index in [1.807, 2.05) is 9.78 Å². The van der Waals surface area contributed by atoms with Crippen molar-refractivity contribution in [2.24, 2.45) is 0 Å². The Morgan fingerprint density at radius 3 is 2.58 bits per heavy atom. The standard InChI is InChI=1S/C21H15F4N3O2S/c22-17-4-2-1-3-16(17)18-11-28-14(12-31-20(28)27-18)7-10-19(29)26-13-5-8-15(9-6-13)30-21(23,24)25/h1-6,8-9,11-12H,7,10H2,(H,26,29). The summed E-state index contributed by atoms with van der Waals surface area (Å²) in [5, 5.41) is 4.51. The molecule has 1 N–H and O–H groups in total. The first kappa shape index (κ1) is 20.9. The lowest BCUT2D eigenvalue weighted by molar-refractivity contribution is -0.274. The monoisotopic (exact) mass is 449 g/mol. The average Bonchev–Trinajstić information content (AvgIpc) is 3.28. The maximum atomic E-state index is 14.0. The Kier molecular flexibility index (Phi) is 5.64. The molecular formula is C21H15F4N3O2S. The summed E-state index contributed by atoms with van der Waals surface area (Å²) in [6, 6.07) is 11.3. The zero-order chi connectivity index (χ0) is 22.0. The molecule has 4 aromatic rings. The van der Waals surface area contributed by atoms with Gasteiger partial charge in [-0.3, -0.25) is 9.20 Å². The van der Waals surface area contributed by atoms with Gasteiger partial charge in [0, 0.05) is 34.9 Å². The molecule has 0 spiro atoms. The number of carbonyl (C=O) groups excluding carboxylic acids is 1. The molecule has 0 atom stereocenters. The van der Waals surface area contributed by atoms with Gasteiger partial charge in [-0.15, -0.1) is 24.5 Å². The third-order valence-electron chi connectivity index (χ3n) is 4.41. The Balaban J connectivity index is 1.39. The molecule has 2 aromatic heterocycles. The quantitative estimate of drug-likeness (QED) is 0.386. The summed E-state index contributed by atoms with van der Waals surface area (Å²) in [6.07, 6.45) is -2.47. The van der Waals surface area contributed by atoms with Gasteiger partial charge in [-0.05, 0) is 42.8 Å². The van der Waals surface area contributed by atoms with Gasteiger partial charge in [0.05, 0.1) is 5.69 Å². The number of carbonyl (C=O) groups is 1. The van der Waals surface area contributed by atoms with Crippen molar-refractivity contribution in [3.63, 3.8) is 0 Å². The third kappa shape index (κ3) is 5.02. The highest BCUT2D eigenvalue weighted by atomic mass is 32.1. The highest BCUT2D eigenvalue weighted by Crippen LogP contribution is 2.27. The number of nitrogens with one attached hydrogen (secondary N) is 1. The molecular weight excluding hydrogens is 434 g/mol. The summed E-state index contributed by atoms with van der Waals surface area (Å²) in [6.45, 7) is 0. The molecule has 5 nitrogen and oxygen atoms in total. The van der Waals surface area contributed by atoms with Gasteiger partial charge in [0.15, 0.2) is 4.96 Å². The maximum absolute atomic E-state index is 14.0. The van der Waals surface area contributed by atoms with Gasteiger partial charge in [0.25, 0.3) is 0 Å². The smallest absolute Gasteiger partial charge is 0.406 e. The fourth-order valence-electron chi connectivity index (χ4n) is 3.01.